The normalized spacial score (nSPS) is 10.9. The Balaban J connectivity index is 1.95. The van der Waals surface area contributed by atoms with Crippen LogP contribution in [-0.4, -0.2) is 28.5 Å². The average molecular weight is 396 g/mol. The number of carbonyl (C=O) groups excluding carboxylic acids is 1. The van der Waals surface area contributed by atoms with Crippen molar-refractivity contribution >= 4 is 27.3 Å². The first-order valence-electron chi connectivity index (χ1n) is 8.52. The summed E-state index contributed by atoms with van der Waals surface area (Å²) < 4.78 is 32.6. The number of hydrogen-bond donors (Lipinski definition) is 1. The zero-order valence-electron chi connectivity index (χ0n) is 15.5. The molecule has 0 spiro atoms. The molecule has 0 saturated heterocycles. The molecule has 0 aromatic heterocycles. The van der Waals surface area contributed by atoms with Crippen molar-refractivity contribution in [1.82, 2.24) is 0 Å². The number of ether oxygens (including phenoxy) is 1. The van der Waals surface area contributed by atoms with Gasteiger partial charge in [0.15, 0.2) is 0 Å². The minimum atomic E-state index is -3.93. The predicted octanol–water partition coefficient (Wildman–Crippen LogP) is 3.77. The molecule has 0 fully saturated rings. The molecule has 0 radical (unpaired) electrons. The van der Waals surface area contributed by atoms with Crippen LogP contribution in [-0.2, 0) is 10.0 Å². The monoisotopic (exact) mass is 396 g/mol. The maximum absolute atomic E-state index is 13.1. The second kappa shape index (κ2) is 8.14. The molecule has 3 aromatic rings. The van der Waals surface area contributed by atoms with E-state index in [1.807, 2.05) is 0 Å². The molecule has 0 aliphatic carbocycles. The molecule has 144 valence electrons. The second-order valence-electron chi connectivity index (χ2n) is 5.99. The quantitative estimate of drug-likeness (QED) is 0.688. The summed E-state index contributed by atoms with van der Waals surface area (Å²) >= 11 is 0. The molecular formula is C21H20N2O4S. The third-order valence-corrected chi connectivity index (χ3v) is 6.06. The number of methoxy groups -OCH3 is 1. The Bertz CT molecular complexity index is 1080. The van der Waals surface area contributed by atoms with E-state index in [2.05, 4.69) is 5.32 Å². The lowest BCUT2D eigenvalue weighted by Crippen LogP contribution is -2.28. The van der Waals surface area contributed by atoms with Crippen LogP contribution >= 0.6 is 0 Å². The smallest absolute Gasteiger partial charge is 0.264 e. The molecule has 3 rings (SSSR count). The largest absolute Gasteiger partial charge is 0.497 e. The van der Waals surface area contributed by atoms with E-state index in [0.29, 0.717) is 17.1 Å². The fourth-order valence-corrected chi connectivity index (χ4v) is 4.09. The van der Waals surface area contributed by atoms with Crippen molar-refractivity contribution in [2.24, 2.45) is 0 Å². The van der Waals surface area contributed by atoms with Crippen LogP contribution in [0.5, 0.6) is 5.75 Å². The van der Waals surface area contributed by atoms with Gasteiger partial charge in [-0.15, -0.1) is 0 Å². The number of sulfonamides is 1. The highest BCUT2D eigenvalue weighted by Gasteiger charge is 2.26. The fraction of sp³-hybridized carbons (Fsp3) is 0.0952. The third-order valence-electron chi connectivity index (χ3n) is 4.22. The predicted molar refractivity (Wildman–Crippen MR) is 109 cm³/mol. The van der Waals surface area contributed by atoms with Crippen LogP contribution in [0, 0.1) is 0 Å². The average Bonchev–Trinajstić information content (AvgIpc) is 2.74. The van der Waals surface area contributed by atoms with Gasteiger partial charge in [-0.1, -0.05) is 36.4 Å². The molecular weight excluding hydrogens is 376 g/mol. The zero-order valence-corrected chi connectivity index (χ0v) is 16.3. The van der Waals surface area contributed by atoms with Crippen LogP contribution in [0.1, 0.15) is 10.4 Å². The van der Waals surface area contributed by atoms with Crippen molar-refractivity contribution in [2.45, 2.75) is 4.90 Å². The topological polar surface area (TPSA) is 75.7 Å². The van der Waals surface area contributed by atoms with Gasteiger partial charge in [-0.3, -0.25) is 9.10 Å². The lowest BCUT2D eigenvalue weighted by molar-refractivity contribution is 0.102. The van der Waals surface area contributed by atoms with Crippen LogP contribution in [0.3, 0.4) is 0 Å². The van der Waals surface area contributed by atoms with Gasteiger partial charge >= 0.3 is 0 Å². The van der Waals surface area contributed by atoms with Gasteiger partial charge < -0.3 is 10.1 Å². The van der Waals surface area contributed by atoms with Crippen molar-refractivity contribution in [3.63, 3.8) is 0 Å². The van der Waals surface area contributed by atoms with E-state index in [1.54, 1.807) is 66.7 Å². The highest BCUT2D eigenvalue weighted by Crippen LogP contribution is 2.25. The zero-order chi connectivity index (χ0) is 20.1. The maximum Gasteiger partial charge on any atom is 0.264 e. The van der Waals surface area contributed by atoms with Crippen molar-refractivity contribution < 1.29 is 17.9 Å². The lowest BCUT2D eigenvalue weighted by atomic mass is 10.2. The number of anilines is 2. The summed E-state index contributed by atoms with van der Waals surface area (Å²) in [7, 11) is -0.935. The first kappa shape index (κ1) is 19.4. The third kappa shape index (κ3) is 3.99. The van der Waals surface area contributed by atoms with Crippen molar-refractivity contribution in [1.29, 1.82) is 0 Å². The van der Waals surface area contributed by atoms with Crippen molar-refractivity contribution in [3.8, 4) is 5.75 Å². The Labute approximate surface area is 164 Å². The molecule has 0 atom stereocenters. The molecule has 0 aliphatic heterocycles. The SMILES string of the molecule is COc1cccc(NC(=O)c2ccccc2S(=O)(=O)N(C)c2ccccc2)c1. The van der Waals surface area contributed by atoms with Crippen molar-refractivity contribution in [2.75, 3.05) is 23.8 Å². The number of nitrogens with one attached hydrogen (secondary N) is 1. The highest BCUT2D eigenvalue weighted by atomic mass is 32.2. The summed E-state index contributed by atoms with van der Waals surface area (Å²) in [5.74, 6) is 0.0661. The van der Waals surface area contributed by atoms with Gasteiger partial charge in [0.2, 0.25) is 0 Å². The van der Waals surface area contributed by atoms with E-state index in [0.717, 1.165) is 4.31 Å². The molecule has 0 bridgehead atoms. The number of rotatable bonds is 6. The molecule has 7 heteroatoms. The standard InChI is InChI=1S/C21H20N2O4S/c1-23(17-10-4-3-5-11-17)28(25,26)20-14-7-6-13-19(20)21(24)22-16-9-8-12-18(15-16)27-2/h3-15H,1-2H3,(H,22,24). The molecule has 3 aromatic carbocycles. The molecule has 0 unspecified atom stereocenters. The molecule has 6 nitrogen and oxygen atoms in total. The maximum atomic E-state index is 13.1. The molecule has 28 heavy (non-hydrogen) atoms. The van der Waals surface area contributed by atoms with Gasteiger partial charge in [0.1, 0.15) is 10.6 Å². The Kier molecular flexibility index (Phi) is 5.65. The molecule has 0 heterocycles. The van der Waals surface area contributed by atoms with Gasteiger partial charge in [0.05, 0.1) is 18.4 Å². The minimum absolute atomic E-state index is 0.0631. The van der Waals surface area contributed by atoms with Gasteiger partial charge in [0, 0.05) is 18.8 Å². The number of benzene rings is 3. The second-order valence-corrected chi connectivity index (χ2v) is 7.93. The number of nitrogens with zero attached hydrogens (tertiary/aromatic N) is 1. The van der Waals surface area contributed by atoms with Crippen LogP contribution in [0.2, 0.25) is 0 Å². The number of carbonyl (C=O) groups is 1. The first-order valence-corrected chi connectivity index (χ1v) is 9.96. The summed E-state index contributed by atoms with van der Waals surface area (Å²) in [5, 5.41) is 2.72. The van der Waals surface area contributed by atoms with Crippen LogP contribution < -0.4 is 14.4 Å². The molecule has 0 aliphatic rings. The van der Waals surface area contributed by atoms with Crippen LogP contribution in [0.15, 0.2) is 83.8 Å². The Morgan fingerprint density at radius 3 is 2.32 bits per heavy atom. The Hall–Kier alpha value is -3.32. The van der Waals surface area contributed by atoms with Crippen LogP contribution in [0.25, 0.3) is 0 Å². The minimum Gasteiger partial charge on any atom is -0.497 e. The van der Waals surface area contributed by atoms with E-state index in [9.17, 15) is 13.2 Å². The van der Waals surface area contributed by atoms with E-state index in [1.165, 1.54) is 26.3 Å². The highest BCUT2D eigenvalue weighted by molar-refractivity contribution is 7.92. The summed E-state index contributed by atoms with van der Waals surface area (Å²) in [4.78, 5) is 12.7. The number of amides is 1. The van der Waals surface area contributed by atoms with Gasteiger partial charge in [-0.05, 0) is 36.4 Å². The summed E-state index contributed by atoms with van der Waals surface area (Å²) in [5.41, 5.74) is 1.08. The van der Waals surface area contributed by atoms with E-state index in [4.69, 9.17) is 4.74 Å². The first-order chi connectivity index (χ1) is 13.4. The van der Waals surface area contributed by atoms with E-state index in [-0.39, 0.29) is 10.5 Å². The Morgan fingerprint density at radius 1 is 0.929 bits per heavy atom. The van der Waals surface area contributed by atoms with Gasteiger partial charge in [-0.25, -0.2) is 8.42 Å². The Morgan fingerprint density at radius 2 is 1.61 bits per heavy atom. The number of para-hydroxylation sites is 1. The molecule has 1 amide bonds. The summed E-state index contributed by atoms with van der Waals surface area (Å²) in [6.45, 7) is 0. The van der Waals surface area contributed by atoms with Crippen LogP contribution in [0.4, 0.5) is 11.4 Å². The fourth-order valence-electron chi connectivity index (χ4n) is 2.70. The van der Waals surface area contributed by atoms with Gasteiger partial charge in [-0.2, -0.15) is 0 Å². The van der Waals surface area contributed by atoms with E-state index < -0.39 is 15.9 Å². The molecule has 1 N–H and O–H groups in total. The van der Waals surface area contributed by atoms with Gasteiger partial charge in [0.25, 0.3) is 15.9 Å². The van der Waals surface area contributed by atoms with E-state index >= 15 is 0 Å². The summed E-state index contributed by atoms with van der Waals surface area (Å²) in [6.07, 6.45) is 0. The lowest BCUT2D eigenvalue weighted by Gasteiger charge is -2.21. The van der Waals surface area contributed by atoms with Crippen molar-refractivity contribution in [3.05, 3.63) is 84.4 Å². The molecule has 0 saturated carbocycles. The summed E-state index contributed by atoms with van der Waals surface area (Å²) in [6, 6.07) is 21.7. The number of hydrogen-bond acceptors (Lipinski definition) is 4.